The predicted molar refractivity (Wildman–Crippen MR) is 56.5 cm³/mol. The van der Waals surface area contributed by atoms with Gasteiger partial charge in [-0.2, -0.15) is 0 Å². The lowest BCUT2D eigenvalue weighted by Crippen LogP contribution is -2.05. The molecule has 0 bridgehead atoms. The number of pyridine rings is 1. The minimum Gasteiger partial charge on any atom is -0.496 e. The SMILES string of the molecule is COc1c(C)cnc(CON)c1C.Cl. The molecule has 80 valence electrons. The van der Waals surface area contributed by atoms with E-state index in [4.69, 9.17) is 10.6 Å². The average Bonchev–Trinajstić information content (AvgIpc) is 2.11. The Kier molecular flexibility index (Phi) is 5.45. The maximum atomic E-state index is 5.23. The van der Waals surface area contributed by atoms with Crippen LogP contribution in [0.5, 0.6) is 5.75 Å². The largest absolute Gasteiger partial charge is 0.496 e. The van der Waals surface area contributed by atoms with Gasteiger partial charge in [0.15, 0.2) is 0 Å². The number of aromatic nitrogens is 1. The molecule has 0 saturated carbocycles. The Bertz CT molecular complexity index is 305. The van der Waals surface area contributed by atoms with E-state index in [1.54, 1.807) is 13.3 Å². The summed E-state index contributed by atoms with van der Waals surface area (Å²) < 4.78 is 5.23. The third-order valence-electron chi connectivity index (χ3n) is 1.97. The zero-order valence-corrected chi connectivity index (χ0v) is 9.35. The van der Waals surface area contributed by atoms with Crippen molar-refractivity contribution < 1.29 is 9.57 Å². The first-order valence-electron chi connectivity index (χ1n) is 4.01. The molecule has 0 fully saturated rings. The van der Waals surface area contributed by atoms with Gasteiger partial charge in [-0.1, -0.05) is 0 Å². The molecule has 0 radical (unpaired) electrons. The van der Waals surface area contributed by atoms with Crippen LogP contribution in [-0.4, -0.2) is 12.1 Å². The molecule has 1 aromatic rings. The van der Waals surface area contributed by atoms with Crippen LogP contribution < -0.4 is 10.6 Å². The van der Waals surface area contributed by atoms with Crippen LogP contribution in [0.1, 0.15) is 16.8 Å². The number of methoxy groups -OCH3 is 1. The van der Waals surface area contributed by atoms with Crippen molar-refractivity contribution in [1.82, 2.24) is 4.98 Å². The minimum absolute atomic E-state index is 0. The fraction of sp³-hybridized carbons (Fsp3) is 0.444. The number of ether oxygens (including phenoxy) is 1. The fourth-order valence-corrected chi connectivity index (χ4v) is 1.30. The smallest absolute Gasteiger partial charge is 0.128 e. The van der Waals surface area contributed by atoms with Crippen molar-refractivity contribution in [3.8, 4) is 5.75 Å². The van der Waals surface area contributed by atoms with Gasteiger partial charge in [0, 0.05) is 17.3 Å². The van der Waals surface area contributed by atoms with Gasteiger partial charge in [-0.05, 0) is 13.8 Å². The Morgan fingerprint density at radius 1 is 1.43 bits per heavy atom. The van der Waals surface area contributed by atoms with E-state index in [0.29, 0.717) is 6.61 Å². The van der Waals surface area contributed by atoms with E-state index in [9.17, 15) is 0 Å². The van der Waals surface area contributed by atoms with E-state index in [0.717, 1.165) is 22.6 Å². The molecule has 14 heavy (non-hydrogen) atoms. The van der Waals surface area contributed by atoms with E-state index in [1.165, 1.54) is 0 Å². The topological polar surface area (TPSA) is 57.4 Å². The van der Waals surface area contributed by atoms with Crippen LogP contribution in [0.15, 0.2) is 6.20 Å². The lowest BCUT2D eigenvalue weighted by Gasteiger charge is -2.10. The van der Waals surface area contributed by atoms with Gasteiger partial charge in [0.25, 0.3) is 0 Å². The molecule has 0 spiro atoms. The molecule has 1 heterocycles. The molecule has 0 unspecified atom stereocenters. The summed E-state index contributed by atoms with van der Waals surface area (Å²) in [5.41, 5.74) is 2.80. The van der Waals surface area contributed by atoms with Crippen molar-refractivity contribution in [1.29, 1.82) is 0 Å². The summed E-state index contributed by atoms with van der Waals surface area (Å²) in [6, 6.07) is 0. The quantitative estimate of drug-likeness (QED) is 0.782. The summed E-state index contributed by atoms with van der Waals surface area (Å²) >= 11 is 0. The van der Waals surface area contributed by atoms with Gasteiger partial charge in [-0.15, -0.1) is 12.4 Å². The number of nitrogens with zero attached hydrogens (tertiary/aromatic N) is 1. The first-order chi connectivity index (χ1) is 6.20. The highest BCUT2D eigenvalue weighted by Crippen LogP contribution is 2.23. The monoisotopic (exact) mass is 218 g/mol. The van der Waals surface area contributed by atoms with E-state index in [-0.39, 0.29) is 12.4 Å². The highest BCUT2D eigenvalue weighted by molar-refractivity contribution is 5.85. The van der Waals surface area contributed by atoms with Crippen molar-refractivity contribution >= 4 is 12.4 Å². The summed E-state index contributed by atoms with van der Waals surface area (Å²) in [7, 11) is 1.64. The van der Waals surface area contributed by atoms with Crippen LogP contribution in [0.25, 0.3) is 0 Å². The van der Waals surface area contributed by atoms with Gasteiger partial charge in [0.2, 0.25) is 0 Å². The van der Waals surface area contributed by atoms with E-state index in [1.807, 2.05) is 13.8 Å². The third-order valence-corrected chi connectivity index (χ3v) is 1.97. The Labute approximate surface area is 89.8 Å². The Balaban J connectivity index is 0.00000169. The van der Waals surface area contributed by atoms with Crippen LogP contribution in [0.4, 0.5) is 0 Å². The van der Waals surface area contributed by atoms with Crippen molar-refractivity contribution in [3.63, 3.8) is 0 Å². The predicted octanol–water partition coefficient (Wildman–Crippen LogP) is 1.52. The second kappa shape index (κ2) is 5.80. The van der Waals surface area contributed by atoms with Crippen LogP contribution >= 0.6 is 12.4 Å². The van der Waals surface area contributed by atoms with Crippen molar-refractivity contribution in [2.45, 2.75) is 20.5 Å². The molecular formula is C9H15ClN2O2. The summed E-state index contributed by atoms with van der Waals surface area (Å²) in [6.07, 6.45) is 1.75. The summed E-state index contributed by atoms with van der Waals surface area (Å²) in [4.78, 5) is 8.72. The first-order valence-corrected chi connectivity index (χ1v) is 4.01. The summed E-state index contributed by atoms with van der Waals surface area (Å²) in [6.45, 7) is 4.20. The van der Waals surface area contributed by atoms with Crippen molar-refractivity contribution in [2.75, 3.05) is 7.11 Å². The highest BCUT2D eigenvalue weighted by Gasteiger charge is 2.08. The Morgan fingerprint density at radius 3 is 2.57 bits per heavy atom. The molecule has 0 aliphatic carbocycles. The molecule has 5 heteroatoms. The lowest BCUT2D eigenvalue weighted by molar-refractivity contribution is 0.120. The minimum atomic E-state index is 0. The van der Waals surface area contributed by atoms with Crippen LogP contribution in [0.3, 0.4) is 0 Å². The number of halogens is 1. The molecule has 0 aliphatic heterocycles. The number of aryl methyl sites for hydroxylation is 1. The summed E-state index contributed by atoms with van der Waals surface area (Å²) in [5.74, 6) is 5.83. The second-order valence-corrected chi connectivity index (χ2v) is 2.86. The number of hydrogen-bond acceptors (Lipinski definition) is 4. The van der Waals surface area contributed by atoms with Gasteiger partial charge in [-0.25, -0.2) is 5.90 Å². The maximum absolute atomic E-state index is 5.23. The average molecular weight is 219 g/mol. The molecular weight excluding hydrogens is 204 g/mol. The van der Waals surface area contributed by atoms with Crippen LogP contribution in [0, 0.1) is 13.8 Å². The van der Waals surface area contributed by atoms with Crippen LogP contribution in [0.2, 0.25) is 0 Å². The molecule has 0 saturated heterocycles. The molecule has 0 atom stereocenters. The molecule has 0 aliphatic rings. The third kappa shape index (κ3) is 2.57. The van der Waals surface area contributed by atoms with Gasteiger partial charge in [-0.3, -0.25) is 9.82 Å². The molecule has 2 N–H and O–H groups in total. The Morgan fingerprint density at radius 2 is 2.07 bits per heavy atom. The molecule has 1 aromatic heterocycles. The summed E-state index contributed by atoms with van der Waals surface area (Å²) in [5, 5.41) is 0. The number of nitrogens with two attached hydrogens (primary N) is 1. The number of rotatable bonds is 3. The van der Waals surface area contributed by atoms with E-state index in [2.05, 4.69) is 9.82 Å². The molecule has 0 amide bonds. The highest BCUT2D eigenvalue weighted by atomic mass is 35.5. The zero-order chi connectivity index (χ0) is 9.84. The van der Waals surface area contributed by atoms with Gasteiger partial charge in [0.05, 0.1) is 12.8 Å². The van der Waals surface area contributed by atoms with E-state index >= 15 is 0 Å². The van der Waals surface area contributed by atoms with Crippen molar-refractivity contribution in [2.24, 2.45) is 5.90 Å². The van der Waals surface area contributed by atoms with Crippen LogP contribution in [-0.2, 0) is 11.4 Å². The molecule has 1 rings (SSSR count). The second-order valence-electron chi connectivity index (χ2n) is 2.86. The molecule has 4 nitrogen and oxygen atoms in total. The zero-order valence-electron chi connectivity index (χ0n) is 8.53. The van der Waals surface area contributed by atoms with E-state index < -0.39 is 0 Å². The normalized spacial score (nSPS) is 9.43. The standard InChI is InChI=1S/C9H14N2O2.ClH/c1-6-4-11-8(5-13-10)7(2)9(6)12-3;/h4H,5,10H2,1-3H3;1H. The molecule has 0 aromatic carbocycles. The fourth-order valence-electron chi connectivity index (χ4n) is 1.30. The van der Waals surface area contributed by atoms with Gasteiger partial charge in [0.1, 0.15) is 12.4 Å². The number of hydrogen-bond donors (Lipinski definition) is 1. The van der Waals surface area contributed by atoms with Gasteiger partial charge >= 0.3 is 0 Å². The maximum Gasteiger partial charge on any atom is 0.128 e. The first kappa shape index (κ1) is 13.2. The van der Waals surface area contributed by atoms with Crippen molar-refractivity contribution in [3.05, 3.63) is 23.0 Å². The van der Waals surface area contributed by atoms with Gasteiger partial charge < -0.3 is 4.74 Å². The lowest BCUT2D eigenvalue weighted by atomic mass is 10.1. The Hall–Kier alpha value is -0.840.